The average molecular weight is 336 g/mol. The van der Waals surface area contributed by atoms with E-state index < -0.39 is 0 Å². The fraction of sp³-hybridized carbons (Fsp3) is 0.333. The van der Waals surface area contributed by atoms with E-state index in [0.717, 1.165) is 21.7 Å². The van der Waals surface area contributed by atoms with Crippen molar-refractivity contribution >= 4 is 21.7 Å². The lowest BCUT2D eigenvalue weighted by Crippen LogP contribution is -2.05. The van der Waals surface area contributed by atoms with Gasteiger partial charge in [-0.2, -0.15) is 4.98 Å². The first kappa shape index (κ1) is 14.8. The molecule has 0 aliphatic carbocycles. The number of rotatable bonds is 5. The van der Waals surface area contributed by atoms with Gasteiger partial charge in [0.2, 0.25) is 5.88 Å². The van der Waals surface area contributed by atoms with Crippen molar-refractivity contribution in [3.05, 3.63) is 46.2 Å². The molecule has 2 aromatic rings. The van der Waals surface area contributed by atoms with E-state index in [-0.39, 0.29) is 5.92 Å². The van der Waals surface area contributed by atoms with Crippen molar-refractivity contribution in [3.8, 4) is 5.88 Å². The van der Waals surface area contributed by atoms with Gasteiger partial charge in [-0.1, -0.05) is 41.9 Å². The van der Waals surface area contributed by atoms with Crippen molar-refractivity contribution in [2.75, 3.05) is 12.4 Å². The summed E-state index contributed by atoms with van der Waals surface area (Å²) in [5.74, 6) is 2.40. The van der Waals surface area contributed by atoms with Crippen LogP contribution in [0, 0.1) is 0 Å². The van der Waals surface area contributed by atoms with Crippen LogP contribution in [0.25, 0.3) is 0 Å². The largest absolute Gasteiger partial charge is 0.473 e. The summed E-state index contributed by atoms with van der Waals surface area (Å²) in [7, 11) is 1.84. The lowest BCUT2D eigenvalue weighted by molar-refractivity contribution is 0.292. The van der Waals surface area contributed by atoms with Gasteiger partial charge in [-0.3, -0.25) is 0 Å². The molecule has 0 bridgehead atoms. The Kier molecular flexibility index (Phi) is 4.95. The van der Waals surface area contributed by atoms with Crippen molar-refractivity contribution in [1.82, 2.24) is 9.97 Å². The summed E-state index contributed by atoms with van der Waals surface area (Å²) in [4.78, 5) is 8.84. The molecule has 0 atom stereocenters. The van der Waals surface area contributed by atoms with Crippen molar-refractivity contribution < 1.29 is 4.74 Å². The number of nitrogens with zero attached hydrogens (tertiary/aromatic N) is 2. The zero-order valence-corrected chi connectivity index (χ0v) is 13.4. The lowest BCUT2D eigenvalue weighted by atomic mass is 10.2. The summed E-state index contributed by atoms with van der Waals surface area (Å²) in [6.45, 7) is 4.61. The highest BCUT2D eigenvalue weighted by Gasteiger charge is 2.08. The minimum atomic E-state index is 0.261. The van der Waals surface area contributed by atoms with E-state index in [1.54, 1.807) is 0 Å². The highest BCUT2D eigenvalue weighted by Crippen LogP contribution is 2.20. The molecule has 106 valence electrons. The van der Waals surface area contributed by atoms with Gasteiger partial charge >= 0.3 is 0 Å². The van der Waals surface area contributed by atoms with E-state index in [4.69, 9.17) is 4.74 Å². The standard InChI is InChI=1S/C15H18BrN3O/c1-10(2)15-18-13(17-3)8-14(19-15)20-9-11-5-4-6-12(16)7-11/h4-8,10H,9H2,1-3H3,(H,17,18,19). The zero-order chi connectivity index (χ0) is 14.5. The first-order chi connectivity index (χ1) is 9.58. The fourth-order valence-corrected chi connectivity index (χ4v) is 2.13. The number of nitrogens with one attached hydrogen (secondary N) is 1. The van der Waals surface area contributed by atoms with Gasteiger partial charge in [-0.15, -0.1) is 0 Å². The number of aromatic nitrogens is 2. The number of halogens is 1. The SMILES string of the molecule is CNc1cc(OCc2cccc(Br)c2)nc(C(C)C)n1. The first-order valence-electron chi connectivity index (χ1n) is 6.52. The van der Waals surface area contributed by atoms with Gasteiger partial charge in [-0.25, -0.2) is 4.98 Å². The predicted molar refractivity (Wildman–Crippen MR) is 84.1 cm³/mol. The molecular weight excluding hydrogens is 318 g/mol. The molecule has 4 nitrogen and oxygen atoms in total. The molecule has 0 aliphatic rings. The molecular formula is C15H18BrN3O. The van der Waals surface area contributed by atoms with Crippen LogP contribution in [0.4, 0.5) is 5.82 Å². The third-order valence-electron chi connectivity index (χ3n) is 2.77. The maximum Gasteiger partial charge on any atom is 0.219 e. The summed E-state index contributed by atoms with van der Waals surface area (Å²) in [6.07, 6.45) is 0. The maximum atomic E-state index is 5.77. The summed E-state index contributed by atoms with van der Waals surface area (Å²) < 4.78 is 6.81. The van der Waals surface area contributed by atoms with Crippen LogP contribution in [0.5, 0.6) is 5.88 Å². The molecule has 5 heteroatoms. The van der Waals surface area contributed by atoms with Gasteiger partial charge in [-0.05, 0) is 17.7 Å². The van der Waals surface area contributed by atoms with Gasteiger partial charge < -0.3 is 10.1 Å². The summed E-state index contributed by atoms with van der Waals surface area (Å²) in [5, 5.41) is 3.03. The average Bonchev–Trinajstić information content (AvgIpc) is 2.45. The number of anilines is 1. The van der Waals surface area contributed by atoms with Crippen LogP contribution in [0.2, 0.25) is 0 Å². The Balaban J connectivity index is 2.14. The van der Waals surface area contributed by atoms with Gasteiger partial charge in [0.25, 0.3) is 0 Å². The molecule has 0 saturated heterocycles. The second-order valence-corrected chi connectivity index (χ2v) is 5.69. The van der Waals surface area contributed by atoms with E-state index in [1.807, 2.05) is 37.4 Å². The van der Waals surface area contributed by atoms with E-state index in [0.29, 0.717) is 12.5 Å². The molecule has 0 spiro atoms. The van der Waals surface area contributed by atoms with E-state index >= 15 is 0 Å². The van der Waals surface area contributed by atoms with E-state index in [9.17, 15) is 0 Å². The van der Waals surface area contributed by atoms with Crippen molar-refractivity contribution in [2.24, 2.45) is 0 Å². The van der Waals surface area contributed by atoms with Crippen molar-refractivity contribution in [2.45, 2.75) is 26.4 Å². The molecule has 0 unspecified atom stereocenters. The van der Waals surface area contributed by atoms with Crippen LogP contribution in [0.3, 0.4) is 0 Å². The van der Waals surface area contributed by atoms with Crippen molar-refractivity contribution in [3.63, 3.8) is 0 Å². The molecule has 0 radical (unpaired) electrons. The number of benzene rings is 1. The van der Waals surface area contributed by atoms with Gasteiger partial charge in [0.05, 0.1) is 0 Å². The van der Waals surface area contributed by atoms with Gasteiger partial charge in [0.15, 0.2) is 0 Å². The molecule has 0 fully saturated rings. The summed E-state index contributed by atoms with van der Waals surface area (Å²) in [5.41, 5.74) is 1.09. The second kappa shape index (κ2) is 6.70. The van der Waals surface area contributed by atoms with E-state index in [1.165, 1.54) is 0 Å². The first-order valence-corrected chi connectivity index (χ1v) is 7.31. The molecule has 20 heavy (non-hydrogen) atoms. The van der Waals surface area contributed by atoms with Crippen LogP contribution in [-0.4, -0.2) is 17.0 Å². The van der Waals surface area contributed by atoms with Crippen LogP contribution in [-0.2, 0) is 6.61 Å². The summed E-state index contributed by atoms with van der Waals surface area (Å²) >= 11 is 3.45. The number of ether oxygens (including phenoxy) is 1. The topological polar surface area (TPSA) is 47.0 Å². The molecule has 0 amide bonds. The molecule has 1 N–H and O–H groups in total. The third-order valence-corrected chi connectivity index (χ3v) is 3.26. The quantitative estimate of drug-likeness (QED) is 0.897. The predicted octanol–water partition coefficient (Wildman–Crippen LogP) is 3.98. The highest BCUT2D eigenvalue weighted by molar-refractivity contribution is 9.10. The van der Waals surface area contributed by atoms with Crippen LogP contribution < -0.4 is 10.1 Å². The monoisotopic (exact) mass is 335 g/mol. The molecule has 1 aromatic carbocycles. The van der Waals surface area contributed by atoms with E-state index in [2.05, 4.69) is 45.1 Å². The maximum absolute atomic E-state index is 5.77. The Labute approximate surface area is 127 Å². The fourth-order valence-electron chi connectivity index (χ4n) is 1.69. The van der Waals surface area contributed by atoms with Crippen LogP contribution in [0.15, 0.2) is 34.8 Å². The third kappa shape index (κ3) is 3.93. The van der Waals surface area contributed by atoms with Gasteiger partial charge in [0.1, 0.15) is 18.2 Å². The molecule has 1 aromatic heterocycles. The Morgan fingerprint density at radius 1 is 1.25 bits per heavy atom. The van der Waals surface area contributed by atoms with Crippen LogP contribution >= 0.6 is 15.9 Å². The Morgan fingerprint density at radius 3 is 2.70 bits per heavy atom. The zero-order valence-electron chi connectivity index (χ0n) is 11.9. The number of hydrogen-bond donors (Lipinski definition) is 1. The minimum Gasteiger partial charge on any atom is -0.473 e. The minimum absolute atomic E-state index is 0.261. The molecule has 0 aliphatic heterocycles. The Bertz CT molecular complexity index is 587. The molecule has 2 rings (SSSR count). The smallest absolute Gasteiger partial charge is 0.219 e. The second-order valence-electron chi connectivity index (χ2n) is 4.77. The molecule has 0 saturated carbocycles. The van der Waals surface area contributed by atoms with Crippen LogP contribution in [0.1, 0.15) is 31.2 Å². The Morgan fingerprint density at radius 2 is 2.05 bits per heavy atom. The molecule has 1 heterocycles. The van der Waals surface area contributed by atoms with Crippen molar-refractivity contribution in [1.29, 1.82) is 0 Å². The van der Waals surface area contributed by atoms with Gasteiger partial charge in [0, 0.05) is 23.5 Å². The highest BCUT2D eigenvalue weighted by atomic mass is 79.9. The lowest BCUT2D eigenvalue weighted by Gasteiger charge is -2.11. The number of hydrogen-bond acceptors (Lipinski definition) is 4. The Hall–Kier alpha value is -1.62. The summed E-state index contributed by atoms with van der Waals surface area (Å²) in [6, 6.07) is 9.84. The normalized spacial score (nSPS) is 10.7.